The van der Waals surface area contributed by atoms with E-state index in [1.807, 2.05) is 19.9 Å². The van der Waals surface area contributed by atoms with Crippen LogP contribution in [-0.4, -0.2) is 48.1 Å². The molecule has 9 heteroatoms. The van der Waals surface area contributed by atoms with E-state index < -0.39 is 5.25 Å². The summed E-state index contributed by atoms with van der Waals surface area (Å²) in [6.07, 6.45) is 1.77. The number of fused-ring (bicyclic) bond motifs is 1. The van der Waals surface area contributed by atoms with E-state index in [0.717, 1.165) is 17.5 Å². The van der Waals surface area contributed by atoms with Gasteiger partial charge >= 0.3 is 0 Å². The first-order valence-corrected chi connectivity index (χ1v) is 11.0. The van der Waals surface area contributed by atoms with Gasteiger partial charge in [0.25, 0.3) is 5.91 Å². The van der Waals surface area contributed by atoms with Crippen molar-refractivity contribution in [3.63, 3.8) is 0 Å². The number of thioether (sulfide) groups is 1. The Morgan fingerprint density at radius 1 is 1.14 bits per heavy atom. The maximum Gasteiger partial charge on any atom is 0.251 e. The van der Waals surface area contributed by atoms with Gasteiger partial charge in [0, 0.05) is 32.1 Å². The van der Waals surface area contributed by atoms with Gasteiger partial charge in [0.1, 0.15) is 0 Å². The van der Waals surface area contributed by atoms with Crippen LogP contribution in [0.15, 0.2) is 22.5 Å². The van der Waals surface area contributed by atoms with Crippen LogP contribution in [-0.2, 0) is 9.59 Å². The molecule has 0 fully saturated rings. The highest BCUT2D eigenvalue weighted by Crippen LogP contribution is 2.33. The Bertz CT molecular complexity index is 838. The summed E-state index contributed by atoms with van der Waals surface area (Å²) in [5, 5.41) is 7.72. The molecule has 152 valence electrons. The smallest absolute Gasteiger partial charge is 0.251 e. The summed E-state index contributed by atoms with van der Waals surface area (Å²) in [4.78, 5) is 41.0. The molecule has 2 aromatic rings. The van der Waals surface area contributed by atoms with Gasteiger partial charge < -0.3 is 16.0 Å². The number of hydrogen-bond acceptors (Lipinski definition) is 6. The van der Waals surface area contributed by atoms with E-state index >= 15 is 0 Å². The number of carbonyl (C=O) groups is 3. The third kappa shape index (κ3) is 6.20. The molecule has 1 aromatic carbocycles. The van der Waals surface area contributed by atoms with Crippen molar-refractivity contribution in [2.75, 3.05) is 20.1 Å². The van der Waals surface area contributed by atoms with Crippen LogP contribution in [0, 0.1) is 0 Å². The van der Waals surface area contributed by atoms with Crippen LogP contribution in [0.4, 0.5) is 0 Å². The van der Waals surface area contributed by atoms with E-state index in [-0.39, 0.29) is 24.1 Å². The van der Waals surface area contributed by atoms with Crippen molar-refractivity contribution in [1.82, 2.24) is 20.9 Å². The molecule has 1 aromatic heterocycles. The molecular formula is C19H26N4O3S2. The zero-order valence-electron chi connectivity index (χ0n) is 16.3. The largest absolute Gasteiger partial charge is 0.356 e. The van der Waals surface area contributed by atoms with E-state index in [9.17, 15) is 14.4 Å². The Labute approximate surface area is 173 Å². The zero-order chi connectivity index (χ0) is 20.5. The molecule has 1 heterocycles. The molecule has 0 bridgehead atoms. The van der Waals surface area contributed by atoms with E-state index in [0.29, 0.717) is 28.5 Å². The third-order valence-corrected chi connectivity index (χ3v) is 6.21. The van der Waals surface area contributed by atoms with Gasteiger partial charge in [-0.2, -0.15) is 0 Å². The average molecular weight is 423 g/mol. The second-order valence-corrected chi connectivity index (χ2v) is 8.67. The van der Waals surface area contributed by atoms with Crippen molar-refractivity contribution < 1.29 is 14.4 Å². The van der Waals surface area contributed by atoms with Crippen LogP contribution in [0.5, 0.6) is 0 Å². The molecule has 2 rings (SSSR count). The summed E-state index contributed by atoms with van der Waals surface area (Å²) < 4.78 is 1.63. The number of amides is 3. The topological polar surface area (TPSA) is 100 Å². The zero-order valence-corrected chi connectivity index (χ0v) is 18.0. The number of nitrogens with zero attached hydrogens (tertiary/aromatic N) is 1. The quantitative estimate of drug-likeness (QED) is 0.511. The van der Waals surface area contributed by atoms with Crippen molar-refractivity contribution in [3.8, 4) is 0 Å². The molecule has 1 atom stereocenters. The fourth-order valence-corrected chi connectivity index (χ4v) is 4.73. The van der Waals surface area contributed by atoms with Crippen LogP contribution in [0.1, 0.15) is 43.5 Å². The van der Waals surface area contributed by atoms with Gasteiger partial charge in [-0.3, -0.25) is 14.4 Å². The molecule has 0 spiro atoms. The lowest BCUT2D eigenvalue weighted by Crippen LogP contribution is -2.37. The van der Waals surface area contributed by atoms with Crippen LogP contribution < -0.4 is 16.0 Å². The van der Waals surface area contributed by atoms with Crippen LogP contribution >= 0.6 is 23.1 Å². The van der Waals surface area contributed by atoms with Crippen LogP contribution in [0.25, 0.3) is 10.2 Å². The van der Waals surface area contributed by atoms with Crippen molar-refractivity contribution in [2.24, 2.45) is 0 Å². The second-order valence-electron chi connectivity index (χ2n) is 6.19. The molecule has 0 saturated carbocycles. The first-order chi connectivity index (χ1) is 13.5. The number of hydrogen-bond donors (Lipinski definition) is 3. The number of thiazole rings is 1. The summed E-state index contributed by atoms with van der Waals surface area (Å²) in [7, 11) is 1.58. The SMILES string of the molecule is CCCNC(=O)CC(Sc1nc2cc(C(=O)NC)ccc2s1)C(=O)NCCC. The van der Waals surface area contributed by atoms with Gasteiger partial charge in [0.05, 0.1) is 15.5 Å². The van der Waals surface area contributed by atoms with Gasteiger partial charge in [0.15, 0.2) is 4.34 Å². The Morgan fingerprint density at radius 3 is 2.54 bits per heavy atom. The molecular weight excluding hydrogens is 396 g/mol. The van der Waals surface area contributed by atoms with Gasteiger partial charge in [-0.25, -0.2) is 4.98 Å². The van der Waals surface area contributed by atoms with Crippen molar-refractivity contribution in [1.29, 1.82) is 0 Å². The maximum atomic E-state index is 12.5. The number of nitrogens with one attached hydrogen (secondary N) is 3. The van der Waals surface area contributed by atoms with Crippen molar-refractivity contribution in [2.45, 2.75) is 42.7 Å². The van der Waals surface area contributed by atoms with Crippen LogP contribution in [0.3, 0.4) is 0 Å². The maximum absolute atomic E-state index is 12.5. The van der Waals surface area contributed by atoms with Crippen molar-refractivity contribution >= 4 is 51.0 Å². The predicted molar refractivity (Wildman–Crippen MR) is 114 cm³/mol. The lowest BCUT2D eigenvalue weighted by Gasteiger charge is -2.14. The van der Waals surface area contributed by atoms with Gasteiger partial charge in [-0.15, -0.1) is 11.3 Å². The molecule has 7 nitrogen and oxygen atoms in total. The summed E-state index contributed by atoms with van der Waals surface area (Å²) in [5.74, 6) is -0.480. The summed E-state index contributed by atoms with van der Waals surface area (Å²) in [5.41, 5.74) is 1.24. The Morgan fingerprint density at radius 2 is 1.86 bits per heavy atom. The molecule has 1 unspecified atom stereocenters. The normalized spacial score (nSPS) is 11.8. The molecule has 0 radical (unpaired) electrons. The predicted octanol–water partition coefficient (Wildman–Crippen LogP) is 2.56. The molecule has 0 saturated heterocycles. The minimum absolute atomic E-state index is 0.0969. The number of benzene rings is 1. The molecule has 0 aliphatic carbocycles. The first-order valence-electron chi connectivity index (χ1n) is 9.32. The molecule has 0 aliphatic rings. The van der Waals surface area contributed by atoms with Crippen LogP contribution in [0.2, 0.25) is 0 Å². The molecule has 3 N–H and O–H groups in total. The summed E-state index contributed by atoms with van der Waals surface area (Å²) >= 11 is 2.74. The van der Waals surface area contributed by atoms with Gasteiger partial charge in [-0.1, -0.05) is 25.6 Å². The van der Waals surface area contributed by atoms with Crippen molar-refractivity contribution in [3.05, 3.63) is 23.8 Å². The Kier molecular flexibility index (Phi) is 8.72. The van der Waals surface area contributed by atoms with E-state index in [1.54, 1.807) is 19.2 Å². The fraction of sp³-hybridized carbons (Fsp3) is 0.474. The Balaban J connectivity index is 2.17. The minimum Gasteiger partial charge on any atom is -0.356 e. The molecule has 28 heavy (non-hydrogen) atoms. The highest BCUT2D eigenvalue weighted by molar-refractivity contribution is 8.02. The lowest BCUT2D eigenvalue weighted by atomic mass is 10.2. The fourth-order valence-electron chi connectivity index (χ4n) is 2.42. The monoisotopic (exact) mass is 422 g/mol. The average Bonchev–Trinajstić information content (AvgIpc) is 3.10. The highest BCUT2D eigenvalue weighted by Gasteiger charge is 2.24. The Hall–Kier alpha value is -2.13. The van der Waals surface area contributed by atoms with E-state index in [4.69, 9.17) is 0 Å². The number of rotatable bonds is 10. The summed E-state index contributed by atoms with van der Waals surface area (Å²) in [6, 6.07) is 5.33. The number of carbonyl (C=O) groups excluding carboxylic acids is 3. The van der Waals surface area contributed by atoms with E-state index in [1.165, 1.54) is 23.1 Å². The van der Waals surface area contributed by atoms with Gasteiger partial charge in [0.2, 0.25) is 11.8 Å². The summed E-state index contributed by atoms with van der Waals surface area (Å²) in [6.45, 7) is 5.13. The standard InChI is InChI=1S/C19H26N4O3S2/c1-4-8-21-16(24)11-15(18(26)22-9-5-2)28-19-23-13-10-12(17(25)20-3)6-7-14(13)27-19/h6-7,10,15H,4-5,8-9,11H2,1-3H3,(H,20,25)(H,21,24)(H,22,26). The number of aromatic nitrogens is 1. The third-order valence-electron chi connectivity index (χ3n) is 3.88. The lowest BCUT2D eigenvalue weighted by molar-refractivity contribution is -0.125. The minimum atomic E-state index is -0.553. The van der Waals surface area contributed by atoms with E-state index in [2.05, 4.69) is 20.9 Å². The van der Waals surface area contributed by atoms with Gasteiger partial charge in [-0.05, 0) is 31.0 Å². The second kappa shape index (κ2) is 11.0. The molecule has 0 aliphatic heterocycles. The first kappa shape index (κ1) is 22.2. The highest BCUT2D eigenvalue weighted by atomic mass is 32.2. The molecule has 3 amide bonds.